The molecule has 1 N–H and O–H groups in total. The maximum Gasteiger partial charge on any atom is 0.311 e. The predicted molar refractivity (Wildman–Crippen MR) is 74.7 cm³/mol. The van der Waals surface area contributed by atoms with E-state index in [0.717, 1.165) is 12.8 Å². The average molecular weight is 285 g/mol. The normalized spacial score (nSPS) is 17.1. The van der Waals surface area contributed by atoms with E-state index >= 15 is 0 Å². The van der Waals surface area contributed by atoms with E-state index in [9.17, 15) is 10.1 Å². The van der Waals surface area contributed by atoms with E-state index in [0.29, 0.717) is 6.54 Å². The summed E-state index contributed by atoms with van der Waals surface area (Å²) >= 11 is 5.80. The van der Waals surface area contributed by atoms with Gasteiger partial charge in [0.25, 0.3) is 0 Å². The van der Waals surface area contributed by atoms with Crippen molar-refractivity contribution in [3.05, 3.63) is 27.4 Å². The zero-order valence-corrected chi connectivity index (χ0v) is 11.8. The van der Waals surface area contributed by atoms with Crippen molar-refractivity contribution in [3.8, 4) is 0 Å². The number of likely N-dealkylation sites (N-methyl/N-ethyl adjacent to an activating group) is 1. The SMILES string of the molecule is CN(C)C1(CNc2nc(Cl)ccc2[N+](=O)[O-])CCC1. The van der Waals surface area contributed by atoms with Gasteiger partial charge in [-0.15, -0.1) is 0 Å². The molecule has 2 rings (SSSR count). The molecule has 1 saturated carbocycles. The van der Waals surface area contributed by atoms with E-state index < -0.39 is 4.92 Å². The lowest BCUT2D eigenvalue weighted by molar-refractivity contribution is -0.384. The van der Waals surface area contributed by atoms with Gasteiger partial charge in [-0.05, 0) is 39.4 Å². The molecule has 0 aliphatic heterocycles. The van der Waals surface area contributed by atoms with E-state index in [4.69, 9.17) is 11.6 Å². The minimum atomic E-state index is -0.450. The lowest BCUT2D eigenvalue weighted by Crippen LogP contribution is -2.54. The molecule has 1 heterocycles. The third-order valence-electron chi connectivity index (χ3n) is 3.85. The van der Waals surface area contributed by atoms with Crippen molar-refractivity contribution in [2.24, 2.45) is 0 Å². The minimum Gasteiger partial charge on any atom is -0.362 e. The highest BCUT2D eigenvalue weighted by molar-refractivity contribution is 6.29. The first-order chi connectivity index (χ1) is 8.94. The van der Waals surface area contributed by atoms with Gasteiger partial charge in [0.2, 0.25) is 5.82 Å². The van der Waals surface area contributed by atoms with Crippen molar-refractivity contribution in [2.45, 2.75) is 24.8 Å². The molecular formula is C12H17ClN4O2. The van der Waals surface area contributed by atoms with Crippen molar-refractivity contribution >= 4 is 23.1 Å². The second-order valence-electron chi connectivity index (χ2n) is 5.08. The van der Waals surface area contributed by atoms with Crippen LogP contribution in [0.3, 0.4) is 0 Å². The molecule has 19 heavy (non-hydrogen) atoms. The predicted octanol–water partition coefficient (Wildman–Crippen LogP) is 2.54. The Balaban J connectivity index is 2.15. The van der Waals surface area contributed by atoms with Gasteiger partial charge in [-0.3, -0.25) is 10.1 Å². The lowest BCUT2D eigenvalue weighted by atomic mass is 9.75. The van der Waals surface area contributed by atoms with Crippen LogP contribution in [0.4, 0.5) is 11.5 Å². The van der Waals surface area contributed by atoms with E-state index in [-0.39, 0.29) is 22.2 Å². The van der Waals surface area contributed by atoms with Crippen molar-refractivity contribution < 1.29 is 4.92 Å². The van der Waals surface area contributed by atoms with Crippen LogP contribution in [-0.2, 0) is 0 Å². The van der Waals surface area contributed by atoms with Gasteiger partial charge in [0, 0.05) is 18.2 Å². The number of aromatic nitrogens is 1. The Labute approximate surface area is 116 Å². The number of pyridine rings is 1. The molecule has 1 aromatic heterocycles. The number of nitrogens with one attached hydrogen (secondary N) is 1. The molecule has 0 aromatic carbocycles. The van der Waals surface area contributed by atoms with Gasteiger partial charge in [0.1, 0.15) is 5.15 Å². The Morgan fingerprint density at radius 2 is 2.21 bits per heavy atom. The number of rotatable bonds is 5. The van der Waals surface area contributed by atoms with Crippen LogP contribution in [0.25, 0.3) is 0 Å². The lowest BCUT2D eigenvalue weighted by Gasteiger charge is -2.47. The Hall–Kier alpha value is -1.40. The van der Waals surface area contributed by atoms with Gasteiger partial charge < -0.3 is 10.2 Å². The molecule has 0 radical (unpaired) electrons. The molecule has 0 bridgehead atoms. The Bertz CT molecular complexity index is 489. The van der Waals surface area contributed by atoms with Crippen LogP contribution in [0.1, 0.15) is 19.3 Å². The first-order valence-electron chi connectivity index (χ1n) is 6.17. The van der Waals surface area contributed by atoms with Gasteiger partial charge >= 0.3 is 5.69 Å². The van der Waals surface area contributed by atoms with Crippen LogP contribution in [-0.4, -0.2) is 41.0 Å². The van der Waals surface area contributed by atoms with Crippen LogP contribution in [0.2, 0.25) is 5.15 Å². The van der Waals surface area contributed by atoms with E-state index in [1.165, 1.54) is 18.6 Å². The highest BCUT2D eigenvalue weighted by Crippen LogP contribution is 2.36. The second-order valence-corrected chi connectivity index (χ2v) is 5.47. The summed E-state index contributed by atoms with van der Waals surface area (Å²) in [7, 11) is 4.06. The number of nitrogens with zero attached hydrogens (tertiary/aromatic N) is 3. The zero-order chi connectivity index (χ0) is 14.0. The number of hydrogen-bond donors (Lipinski definition) is 1. The van der Waals surface area contributed by atoms with Gasteiger partial charge in [-0.2, -0.15) is 0 Å². The number of halogens is 1. The molecule has 0 saturated heterocycles. The Kier molecular flexibility index (Phi) is 3.91. The molecule has 1 aliphatic rings. The fraction of sp³-hybridized carbons (Fsp3) is 0.583. The molecule has 6 nitrogen and oxygen atoms in total. The average Bonchev–Trinajstić information content (AvgIpc) is 2.26. The molecule has 1 aromatic rings. The molecule has 0 amide bonds. The Morgan fingerprint density at radius 1 is 1.53 bits per heavy atom. The fourth-order valence-electron chi connectivity index (χ4n) is 2.32. The second kappa shape index (κ2) is 5.30. The molecule has 7 heteroatoms. The summed E-state index contributed by atoms with van der Waals surface area (Å²) in [5.74, 6) is 0.241. The van der Waals surface area contributed by atoms with Crippen LogP contribution in [0, 0.1) is 10.1 Å². The van der Waals surface area contributed by atoms with Crippen LogP contribution in [0.15, 0.2) is 12.1 Å². The summed E-state index contributed by atoms with van der Waals surface area (Å²) in [5, 5.41) is 14.3. The Morgan fingerprint density at radius 3 is 2.68 bits per heavy atom. The van der Waals surface area contributed by atoms with Crippen molar-refractivity contribution in [1.29, 1.82) is 0 Å². The standard InChI is InChI=1S/C12H17ClN4O2/c1-16(2)12(6-3-7-12)8-14-11-9(17(18)19)4-5-10(13)15-11/h4-5H,3,6-8H2,1-2H3,(H,14,15). The van der Waals surface area contributed by atoms with E-state index in [1.807, 2.05) is 14.1 Å². The third-order valence-corrected chi connectivity index (χ3v) is 4.07. The molecule has 1 fully saturated rings. The maximum atomic E-state index is 10.9. The highest BCUT2D eigenvalue weighted by atomic mass is 35.5. The first-order valence-corrected chi connectivity index (χ1v) is 6.55. The van der Waals surface area contributed by atoms with Gasteiger partial charge in [0.05, 0.1) is 4.92 Å². The molecule has 1 aliphatic carbocycles. The first kappa shape index (κ1) is 14.0. The summed E-state index contributed by atoms with van der Waals surface area (Å²) in [6, 6.07) is 2.80. The quantitative estimate of drug-likeness (QED) is 0.511. The minimum absolute atomic E-state index is 0.0439. The van der Waals surface area contributed by atoms with E-state index in [1.54, 1.807) is 0 Å². The van der Waals surface area contributed by atoms with E-state index in [2.05, 4.69) is 15.2 Å². The van der Waals surface area contributed by atoms with Crippen molar-refractivity contribution in [3.63, 3.8) is 0 Å². The largest absolute Gasteiger partial charge is 0.362 e. The molecular weight excluding hydrogens is 268 g/mol. The number of anilines is 1. The summed E-state index contributed by atoms with van der Waals surface area (Å²) in [6.45, 7) is 0.633. The van der Waals surface area contributed by atoms with Gasteiger partial charge in [-0.1, -0.05) is 11.6 Å². The molecule has 104 valence electrons. The zero-order valence-electron chi connectivity index (χ0n) is 11.0. The summed E-state index contributed by atoms with van der Waals surface area (Å²) in [6.07, 6.45) is 3.35. The van der Waals surface area contributed by atoms with Crippen LogP contribution >= 0.6 is 11.6 Å². The summed E-state index contributed by atoms with van der Waals surface area (Å²) in [5.41, 5.74) is 0.0235. The van der Waals surface area contributed by atoms with Gasteiger partial charge in [-0.25, -0.2) is 4.98 Å². The third kappa shape index (κ3) is 2.79. The summed E-state index contributed by atoms with van der Waals surface area (Å²) < 4.78 is 0. The smallest absolute Gasteiger partial charge is 0.311 e. The van der Waals surface area contributed by atoms with Crippen molar-refractivity contribution in [1.82, 2.24) is 9.88 Å². The summed E-state index contributed by atoms with van der Waals surface area (Å²) in [4.78, 5) is 16.7. The monoisotopic (exact) mass is 284 g/mol. The topological polar surface area (TPSA) is 71.3 Å². The molecule has 0 spiro atoms. The highest BCUT2D eigenvalue weighted by Gasteiger charge is 2.39. The number of nitro groups is 1. The fourth-order valence-corrected chi connectivity index (χ4v) is 2.47. The van der Waals surface area contributed by atoms with Crippen LogP contribution in [0.5, 0.6) is 0 Å². The maximum absolute atomic E-state index is 10.9. The van der Waals surface area contributed by atoms with Crippen molar-refractivity contribution in [2.75, 3.05) is 26.0 Å². The molecule has 0 unspecified atom stereocenters. The van der Waals surface area contributed by atoms with Gasteiger partial charge in [0.15, 0.2) is 0 Å². The molecule has 0 atom stereocenters. The van der Waals surface area contributed by atoms with Crippen LogP contribution < -0.4 is 5.32 Å². The number of hydrogen-bond acceptors (Lipinski definition) is 5.